The second-order valence-corrected chi connectivity index (χ2v) is 6.63. The summed E-state index contributed by atoms with van der Waals surface area (Å²) in [6, 6.07) is 4.16. The van der Waals surface area contributed by atoms with E-state index in [0.717, 1.165) is 42.4 Å². The van der Waals surface area contributed by atoms with Gasteiger partial charge in [0.1, 0.15) is 11.6 Å². The van der Waals surface area contributed by atoms with E-state index in [-0.39, 0.29) is 5.02 Å². The van der Waals surface area contributed by atoms with Gasteiger partial charge in [-0.25, -0.2) is 9.37 Å². The minimum Gasteiger partial charge on any atom is -0.322 e. The molecule has 2 aromatic rings. The van der Waals surface area contributed by atoms with Crippen molar-refractivity contribution in [1.82, 2.24) is 14.5 Å². The van der Waals surface area contributed by atoms with Crippen molar-refractivity contribution in [1.29, 1.82) is 0 Å². The quantitative estimate of drug-likeness (QED) is 0.795. The Labute approximate surface area is 132 Å². The number of aromatic nitrogens is 2. The highest BCUT2D eigenvalue weighted by atomic mass is 35.5. The number of hydrogen-bond donors (Lipinski definition) is 0. The van der Waals surface area contributed by atoms with Gasteiger partial charge in [0.25, 0.3) is 0 Å². The lowest BCUT2D eigenvalue weighted by atomic mass is 10.2. The monoisotopic (exact) mass is 327 g/mol. The van der Waals surface area contributed by atoms with Crippen LogP contribution in [0.5, 0.6) is 0 Å². The number of rotatable bonds is 3. The van der Waals surface area contributed by atoms with Gasteiger partial charge in [-0.05, 0) is 25.3 Å². The van der Waals surface area contributed by atoms with E-state index in [1.807, 2.05) is 0 Å². The fourth-order valence-corrected chi connectivity index (χ4v) is 3.74. The lowest BCUT2D eigenvalue weighted by Gasteiger charge is -2.18. The van der Waals surface area contributed by atoms with Crippen LogP contribution in [0.1, 0.15) is 31.1 Å². The van der Waals surface area contributed by atoms with Crippen LogP contribution in [0.3, 0.4) is 0 Å². The van der Waals surface area contributed by atoms with E-state index < -0.39 is 5.82 Å². The highest BCUT2D eigenvalue weighted by Gasteiger charge is 2.36. The Balaban J connectivity index is 1.77. The molecular weight excluding hydrogens is 312 g/mol. The Morgan fingerprint density at radius 1 is 1.24 bits per heavy atom. The molecule has 1 unspecified atom stereocenters. The normalized spacial score (nSPS) is 23.3. The van der Waals surface area contributed by atoms with Gasteiger partial charge in [-0.2, -0.15) is 0 Å². The molecule has 4 rings (SSSR count). The van der Waals surface area contributed by atoms with Crippen molar-refractivity contribution < 1.29 is 4.39 Å². The number of alkyl halides is 1. The van der Waals surface area contributed by atoms with Crippen LogP contribution in [-0.2, 0) is 5.88 Å². The SMILES string of the molecule is Fc1cc2c(cc1Cl)nc(CCl)n2C1CCN(C2CC2)C1. The Morgan fingerprint density at radius 2 is 2.05 bits per heavy atom. The second-order valence-electron chi connectivity index (χ2n) is 5.96. The van der Waals surface area contributed by atoms with E-state index in [0.29, 0.717) is 11.9 Å². The van der Waals surface area contributed by atoms with Gasteiger partial charge >= 0.3 is 0 Å². The Bertz CT molecular complexity index is 696. The molecule has 2 fully saturated rings. The smallest absolute Gasteiger partial charge is 0.144 e. The summed E-state index contributed by atoms with van der Waals surface area (Å²) < 4.78 is 15.9. The van der Waals surface area contributed by atoms with Crippen molar-refractivity contribution in [2.24, 2.45) is 0 Å². The third-order valence-corrected chi connectivity index (χ3v) is 5.08. The number of likely N-dealkylation sites (tertiary alicyclic amines) is 1. The number of halogens is 3. The predicted octanol–water partition coefficient (Wildman–Crippen LogP) is 3.98. The number of benzene rings is 1. The third kappa shape index (κ3) is 2.33. The zero-order valence-corrected chi connectivity index (χ0v) is 13.0. The van der Waals surface area contributed by atoms with Crippen molar-refractivity contribution >= 4 is 34.2 Å². The largest absolute Gasteiger partial charge is 0.322 e. The zero-order valence-electron chi connectivity index (χ0n) is 11.5. The van der Waals surface area contributed by atoms with Crippen LogP contribution in [0.15, 0.2) is 12.1 Å². The number of hydrogen-bond acceptors (Lipinski definition) is 2. The first-order valence-electron chi connectivity index (χ1n) is 7.33. The van der Waals surface area contributed by atoms with Gasteiger partial charge in [0.05, 0.1) is 21.9 Å². The average molecular weight is 328 g/mol. The molecule has 0 bridgehead atoms. The van der Waals surface area contributed by atoms with E-state index in [9.17, 15) is 4.39 Å². The van der Waals surface area contributed by atoms with Gasteiger partial charge in [0.15, 0.2) is 0 Å². The van der Waals surface area contributed by atoms with Gasteiger partial charge in [-0.3, -0.25) is 4.90 Å². The van der Waals surface area contributed by atoms with Crippen LogP contribution in [0.4, 0.5) is 4.39 Å². The zero-order chi connectivity index (χ0) is 14.6. The van der Waals surface area contributed by atoms with Crippen LogP contribution in [-0.4, -0.2) is 33.6 Å². The maximum atomic E-state index is 13.8. The molecule has 2 aliphatic rings. The summed E-state index contributed by atoms with van der Waals surface area (Å²) in [7, 11) is 0. The highest BCUT2D eigenvalue weighted by molar-refractivity contribution is 6.31. The minimum atomic E-state index is -0.400. The Hall–Kier alpha value is -0.840. The van der Waals surface area contributed by atoms with Crippen molar-refractivity contribution in [3.63, 3.8) is 0 Å². The standard InChI is InChI=1S/C15H16Cl2FN3/c16-7-15-19-13-5-11(17)12(18)6-14(13)21(15)10-3-4-20(8-10)9-1-2-9/h5-6,9-10H,1-4,7-8H2. The van der Waals surface area contributed by atoms with Crippen LogP contribution in [0, 0.1) is 5.82 Å². The lowest BCUT2D eigenvalue weighted by Crippen LogP contribution is -2.24. The molecule has 1 aliphatic carbocycles. The molecule has 1 aliphatic heterocycles. The Morgan fingerprint density at radius 3 is 2.76 bits per heavy atom. The molecule has 1 atom stereocenters. The van der Waals surface area contributed by atoms with E-state index in [4.69, 9.17) is 23.2 Å². The predicted molar refractivity (Wildman–Crippen MR) is 82.5 cm³/mol. The van der Waals surface area contributed by atoms with Crippen molar-refractivity contribution in [2.75, 3.05) is 13.1 Å². The highest BCUT2D eigenvalue weighted by Crippen LogP contribution is 2.36. The number of imidazole rings is 1. The van der Waals surface area contributed by atoms with Gasteiger partial charge in [0.2, 0.25) is 0 Å². The molecule has 21 heavy (non-hydrogen) atoms. The third-order valence-electron chi connectivity index (χ3n) is 4.55. The maximum absolute atomic E-state index is 13.8. The summed E-state index contributed by atoms with van der Waals surface area (Å²) in [6.07, 6.45) is 3.68. The van der Waals surface area contributed by atoms with E-state index in [1.54, 1.807) is 6.07 Å². The Kier molecular flexibility index (Phi) is 3.36. The fourth-order valence-electron chi connectivity index (χ4n) is 3.39. The molecular formula is C15H16Cl2FN3. The fraction of sp³-hybridized carbons (Fsp3) is 0.533. The van der Waals surface area contributed by atoms with Crippen molar-refractivity contribution in [2.45, 2.75) is 37.2 Å². The molecule has 0 amide bonds. The summed E-state index contributed by atoms with van der Waals surface area (Å²) in [4.78, 5) is 7.05. The van der Waals surface area contributed by atoms with Crippen molar-refractivity contribution in [3.8, 4) is 0 Å². The first-order valence-corrected chi connectivity index (χ1v) is 8.24. The average Bonchev–Trinajstić information content (AvgIpc) is 3.10. The molecule has 1 aromatic carbocycles. The van der Waals surface area contributed by atoms with Gasteiger partial charge in [-0.15, -0.1) is 11.6 Å². The number of nitrogens with zero attached hydrogens (tertiary/aromatic N) is 3. The molecule has 1 saturated carbocycles. The summed E-state index contributed by atoms with van der Waals surface area (Å²) in [5.74, 6) is 0.730. The maximum Gasteiger partial charge on any atom is 0.144 e. The van der Waals surface area contributed by atoms with Crippen LogP contribution >= 0.6 is 23.2 Å². The first-order chi connectivity index (χ1) is 10.2. The summed E-state index contributed by atoms with van der Waals surface area (Å²) in [5.41, 5.74) is 1.53. The molecule has 112 valence electrons. The molecule has 1 aromatic heterocycles. The van der Waals surface area contributed by atoms with Crippen LogP contribution in [0.25, 0.3) is 11.0 Å². The minimum absolute atomic E-state index is 0.110. The second kappa shape index (κ2) is 5.11. The van der Waals surface area contributed by atoms with Crippen LogP contribution < -0.4 is 0 Å². The van der Waals surface area contributed by atoms with Gasteiger partial charge < -0.3 is 4.57 Å². The molecule has 2 heterocycles. The van der Waals surface area contributed by atoms with E-state index in [1.165, 1.54) is 18.9 Å². The molecule has 0 radical (unpaired) electrons. The van der Waals surface area contributed by atoms with E-state index in [2.05, 4.69) is 14.5 Å². The molecule has 6 heteroatoms. The summed E-state index contributed by atoms with van der Waals surface area (Å²) in [6.45, 7) is 2.11. The van der Waals surface area contributed by atoms with Crippen molar-refractivity contribution in [3.05, 3.63) is 28.8 Å². The first kappa shape index (κ1) is 13.8. The molecule has 1 saturated heterocycles. The van der Waals surface area contributed by atoms with Gasteiger partial charge in [0, 0.05) is 31.2 Å². The lowest BCUT2D eigenvalue weighted by molar-refractivity contribution is 0.314. The molecule has 0 spiro atoms. The summed E-state index contributed by atoms with van der Waals surface area (Å²) >= 11 is 11.9. The topological polar surface area (TPSA) is 21.1 Å². The van der Waals surface area contributed by atoms with E-state index >= 15 is 0 Å². The molecule has 0 N–H and O–H groups in total. The van der Waals surface area contributed by atoms with Gasteiger partial charge in [-0.1, -0.05) is 11.6 Å². The number of fused-ring (bicyclic) bond motifs is 1. The summed E-state index contributed by atoms with van der Waals surface area (Å²) in [5, 5.41) is 0.110. The van der Waals surface area contributed by atoms with Crippen LogP contribution in [0.2, 0.25) is 5.02 Å². The molecule has 3 nitrogen and oxygen atoms in total.